The number of rotatable bonds is 5. The van der Waals surface area contributed by atoms with Crippen LogP contribution in [0.25, 0.3) is 0 Å². The summed E-state index contributed by atoms with van der Waals surface area (Å²) in [7, 11) is 0. The first-order chi connectivity index (χ1) is 13.1. The number of ketones is 1. The van der Waals surface area contributed by atoms with E-state index in [1.807, 2.05) is 0 Å². The van der Waals surface area contributed by atoms with Crippen molar-refractivity contribution in [2.24, 2.45) is 0 Å². The van der Waals surface area contributed by atoms with Crippen LogP contribution in [0.5, 0.6) is 0 Å². The lowest BCUT2D eigenvalue weighted by Crippen LogP contribution is -2.43. The number of carbonyl (C=O) groups excluding carboxylic acids is 2. The second-order valence-corrected chi connectivity index (χ2v) is 8.07. The van der Waals surface area contributed by atoms with Crippen molar-refractivity contribution in [3.8, 4) is 0 Å². The van der Waals surface area contributed by atoms with E-state index in [-0.39, 0.29) is 23.8 Å². The average molecular weight is 374 g/mol. The monoisotopic (exact) mass is 374 g/mol. The minimum absolute atomic E-state index is 0.0436. The summed E-state index contributed by atoms with van der Waals surface area (Å²) < 4.78 is 2.09. The minimum Gasteiger partial charge on any atom is -0.349 e. The molecule has 1 saturated carbocycles. The predicted octanol–water partition coefficient (Wildman–Crippen LogP) is 0.472. The van der Waals surface area contributed by atoms with Gasteiger partial charge in [-0.2, -0.15) is 5.10 Å². The zero-order valence-corrected chi connectivity index (χ0v) is 16.0. The molecule has 2 unspecified atom stereocenters. The Morgan fingerprint density at radius 1 is 1.19 bits per heavy atom. The summed E-state index contributed by atoms with van der Waals surface area (Å²) in [6, 6.07) is 2.18. The predicted molar refractivity (Wildman–Crippen MR) is 101 cm³/mol. The van der Waals surface area contributed by atoms with Crippen LogP contribution in [-0.2, 0) is 29.2 Å². The smallest absolute Gasteiger partial charge is 0.238 e. The van der Waals surface area contributed by atoms with Gasteiger partial charge in [-0.05, 0) is 32.3 Å². The third kappa shape index (κ3) is 4.23. The first-order valence-electron chi connectivity index (χ1n) is 10.2. The van der Waals surface area contributed by atoms with Gasteiger partial charge in [0.15, 0.2) is 0 Å². The quantitative estimate of drug-likeness (QED) is 0.694. The summed E-state index contributed by atoms with van der Waals surface area (Å²) in [5, 5.41) is 7.60. The Morgan fingerprint density at radius 3 is 2.70 bits per heavy atom. The highest BCUT2D eigenvalue weighted by molar-refractivity contribution is 5.86. The highest BCUT2D eigenvalue weighted by Crippen LogP contribution is 2.26. The van der Waals surface area contributed by atoms with Crippen molar-refractivity contribution in [1.29, 1.82) is 0 Å². The van der Waals surface area contributed by atoms with E-state index in [1.54, 1.807) is 0 Å². The number of hydrogen-bond donors (Lipinski definition) is 3. The van der Waals surface area contributed by atoms with Crippen LogP contribution >= 0.6 is 0 Å². The number of hydrazine groups is 1. The molecule has 3 N–H and O–H groups in total. The Bertz CT molecular complexity index is 696. The van der Waals surface area contributed by atoms with Crippen molar-refractivity contribution in [3.63, 3.8) is 0 Å². The van der Waals surface area contributed by atoms with Crippen molar-refractivity contribution in [2.45, 2.75) is 83.2 Å². The van der Waals surface area contributed by atoms with Crippen molar-refractivity contribution in [1.82, 2.24) is 30.8 Å². The maximum absolute atomic E-state index is 12.3. The Labute approximate surface area is 160 Å². The fourth-order valence-corrected chi connectivity index (χ4v) is 4.49. The van der Waals surface area contributed by atoms with E-state index in [4.69, 9.17) is 0 Å². The van der Waals surface area contributed by atoms with E-state index in [0.29, 0.717) is 13.0 Å². The number of Topliss-reactive ketones (excluding diaryl/α,β-unsaturated/α-hetero) is 1. The highest BCUT2D eigenvalue weighted by Gasteiger charge is 2.31. The molecule has 0 radical (unpaired) electrons. The summed E-state index contributed by atoms with van der Waals surface area (Å²) >= 11 is 0. The zero-order chi connectivity index (χ0) is 18.8. The summed E-state index contributed by atoms with van der Waals surface area (Å²) in [6.07, 6.45) is 7.21. The van der Waals surface area contributed by atoms with E-state index in [2.05, 4.69) is 36.9 Å². The normalized spacial score (nSPS) is 26.7. The second kappa shape index (κ2) is 8.08. The molecule has 1 aromatic rings. The molecule has 27 heavy (non-hydrogen) atoms. The minimum atomic E-state index is -0.377. The van der Waals surface area contributed by atoms with Gasteiger partial charge < -0.3 is 5.32 Å². The van der Waals surface area contributed by atoms with Crippen LogP contribution in [0.2, 0.25) is 0 Å². The lowest BCUT2D eigenvalue weighted by molar-refractivity contribution is -0.123. The van der Waals surface area contributed by atoms with Crippen molar-refractivity contribution < 1.29 is 9.59 Å². The highest BCUT2D eigenvalue weighted by atomic mass is 16.2. The third-order valence-corrected chi connectivity index (χ3v) is 6.12. The van der Waals surface area contributed by atoms with Gasteiger partial charge in [0, 0.05) is 19.1 Å². The van der Waals surface area contributed by atoms with Gasteiger partial charge in [-0.3, -0.25) is 19.2 Å². The summed E-state index contributed by atoms with van der Waals surface area (Å²) in [6.45, 7) is 4.90. The lowest BCUT2D eigenvalue weighted by atomic mass is 9.94. The van der Waals surface area contributed by atoms with Crippen LogP contribution in [0.1, 0.15) is 56.8 Å². The van der Waals surface area contributed by atoms with Gasteiger partial charge >= 0.3 is 0 Å². The lowest BCUT2D eigenvalue weighted by Gasteiger charge is -2.36. The molecule has 1 amide bonds. The fraction of sp³-hybridized carbons (Fsp3) is 0.737. The fourth-order valence-electron chi connectivity index (χ4n) is 4.49. The SMILES string of the molecule is CC(=O)C1CC(C(=O)NCc2cc3n(n2)CCN(C2CCCCC2)C3)NN1. The molecule has 3 aliphatic rings. The number of aromatic nitrogens is 2. The number of nitrogens with zero attached hydrogens (tertiary/aromatic N) is 3. The van der Waals surface area contributed by atoms with Gasteiger partial charge in [0.05, 0.1) is 30.5 Å². The summed E-state index contributed by atoms with van der Waals surface area (Å²) in [5.74, 6) is -0.0526. The van der Waals surface area contributed by atoms with Crippen LogP contribution in [0.15, 0.2) is 6.07 Å². The van der Waals surface area contributed by atoms with Crippen molar-refractivity contribution >= 4 is 11.7 Å². The zero-order valence-electron chi connectivity index (χ0n) is 16.0. The van der Waals surface area contributed by atoms with E-state index in [1.165, 1.54) is 44.7 Å². The van der Waals surface area contributed by atoms with Gasteiger partial charge in [0.1, 0.15) is 11.8 Å². The Kier molecular flexibility index (Phi) is 5.56. The second-order valence-electron chi connectivity index (χ2n) is 8.07. The molecule has 8 heteroatoms. The Morgan fingerprint density at radius 2 is 1.96 bits per heavy atom. The maximum Gasteiger partial charge on any atom is 0.238 e. The molecular weight excluding hydrogens is 344 g/mol. The van der Waals surface area contributed by atoms with E-state index < -0.39 is 0 Å². The number of amides is 1. The number of carbonyl (C=O) groups is 2. The van der Waals surface area contributed by atoms with Crippen LogP contribution in [-0.4, -0.2) is 51.0 Å². The van der Waals surface area contributed by atoms with E-state index in [0.717, 1.165) is 31.4 Å². The number of nitrogens with one attached hydrogen (secondary N) is 3. The molecule has 2 aliphatic heterocycles. The van der Waals surface area contributed by atoms with Gasteiger partial charge in [-0.1, -0.05) is 19.3 Å². The van der Waals surface area contributed by atoms with Gasteiger partial charge in [-0.25, -0.2) is 10.9 Å². The first-order valence-corrected chi connectivity index (χ1v) is 10.2. The molecule has 3 heterocycles. The van der Waals surface area contributed by atoms with Crippen LogP contribution < -0.4 is 16.2 Å². The molecule has 2 atom stereocenters. The molecular formula is C19H30N6O2. The molecule has 1 aliphatic carbocycles. The molecule has 8 nitrogen and oxygen atoms in total. The summed E-state index contributed by atoms with van der Waals surface area (Å²) in [5.41, 5.74) is 7.92. The van der Waals surface area contributed by atoms with Crippen molar-refractivity contribution in [3.05, 3.63) is 17.5 Å². The van der Waals surface area contributed by atoms with Gasteiger partial charge in [0.25, 0.3) is 0 Å². The standard InChI is InChI=1S/C19H30N6O2/c1-13(26)17-10-18(22-21-17)19(27)20-11-14-9-16-12-24(7-8-25(16)23-14)15-5-3-2-4-6-15/h9,15,17-18,21-22H,2-8,10-12H2,1H3,(H,20,27). The topological polar surface area (TPSA) is 91.3 Å². The van der Waals surface area contributed by atoms with Crippen LogP contribution in [0.3, 0.4) is 0 Å². The maximum atomic E-state index is 12.3. The molecule has 4 rings (SSSR count). The van der Waals surface area contributed by atoms with Crippen molar-refractivity contribution in [2.75, 3.05) is 6.54 Å². The first kappa shape index (κ1) is 18.6. The van der Waals surface area contributed by atoms with Crippen LogP contribution in [0.4, 0.5) is 0 Å². The van der Waals surface area contributed by atoms with Gasteiger partial charge in [0.2, 0.25) is 5.91 Å². The summed E-state index contributed by atoms with van der Waals surface area (Å²) in [4.78, 5) is 26.3. The van der Waals surface area contributed by atoms with E-state index in [9.17, 15) is 9.59 Å². The largest absolute Gasteiger partial charge is 0.349 e. The van der Waals surface area contributed by atoms with Crippen LogP contribution in [0, 0.1) is 0 Å². The molecule has 148 valence electrons. The van der Waals surface area contributed by atoms with Gasteiger partial charge in [-0.15, -0.1) is 0 Å². The molecule has 2 fully saturated rings. The number of fused-ring (bicyclic) bond motifs is 1. The molecule has 1 saturated heterocycles. The molecule has 0 spiro atoms. The average Bonchev–Trinajstić information content (AvgIpc) is 3.33. The molecule has 0 bridgehead atoms. The Balaban J connectivity index is 1.29. The number of hydrogen-bond acceptors (Lipinski definition) is 6. The Hall–Kier alpha value is -1.77. The van der Waals surface area contributed by atoms with E-state index >= 15 is 0 Å². The molecule has 0 aromatic carbocycles. The molecule has 1 aromatic heterocycles. The third-order valence-electron chi connectivity index (χ3n) is 6.12.